The number of aryl methyl sites for hydroxylation is 1. The lowest BCUT2D eigenvalue weighted by Crippen LogP contribution is -2.39. The molecule has 0 unspecified atom stereocenters. The van der Waals surface area contributed by atoms with Crippen LogP contribution in [0.15, 0.2) is 0 Å². The summed E-state index contributed by atoms with van der Waals surface area (Å²) in [5.74, 6) is 1.52. The van der Waals surface area contributed by atoms with Gasteiger partial charge in [-0.1, -0.05) is 0 Å². The van der Waals surface area contributed by atoms with E-state index in [0.717, 1.165) is 0 Å². The average molecular weight is 195 g/mol. The van der Waals surface area contributed by atoms with Crippen molar-refractivity contribution < 1.29 is 0 Å². The Bertz CT molecular complexity index is 308. The number of hydrogen-bond acceptors (Lipinski definition) is 5. The normalized spacial score (nSPS) is 11.5. The van der Waals surface area contributed by atoms with Crippen molar-refractivity contribution in [2.24, 2.45) is 0 Å². The zero-order valence-electron chi connectivity index (χ0n) is 9.37. The maximum Gasteiger partial charge on any atom is 0.230 e. The molecule has 1 heterocycles. The van der Waals surface area contributed by atoms with E-state index in [2.05, 4.69) is 35.7 Å². The van der Waals surface area contributed by atoms with E-state index in [1.54, 1.807) is 6.92 Å². The van der Waals surface area contributed by atoms with Crippen molar-refractivity contribution in [3.63, 3.8) is 0 Å². The summed E-state index contributed by atoms with van der Waals surface area (Å²) < 4.78 is 0. The van der Waals surface area contributed by atoms with E-state index in [0.29, 0.717) is 11.8 Å². The van der Waals surface area contributed by atoms with E-state index < -0.39 is 0 Å². The fraction of sp³-hybridized carbons (Fsp3) is 0.667. The molecular weight excluding hydrogens is 178 g/mol. The van der Waals surface area contributed by atoms with Gasteiger partial charge in [-0.25, -0.2) is 0 Å². The average Bonchev–Trinajstić information content (AvgIpc) is 1.99. The molecule has 0 aromatic carbocycles. The van der Waals surface area contributed by atoms with Crippen LogP contribution in [0, 0.1) is 6.92 Å². The Hall–Kier alpha value is -1.39. The molecule has 0 aliphatic rings. The van der Waals surface area contributed by atoms with Crippen LogP contribution in [0.2, 0.25) is 0 Å². The highest BCUT2D eigenvalue weighted by atomic mass is 15.3. The molecule has 0 spiro atoms. The molecular formula is C9H17N5. The van der Waals surface area contributed by atoms with Crippen LogP contribution in [0.3, 0.4) is 0 Å². The highest BCUT2D eigenvalue weighted by Crippen LogP contribution is 2.17. The molecule has 0 aliphatic carbocycles. The van der Waals surface area contributed by atoms with Gasteiger partial charge in [0.1, 0.15) is 5.82 Å². The number of hydrogen-bond donors (Lipinski definition) is 1. The second kappa shape index (κ2) is 3.40. The van der Waals surface area contributed by atoms with E-state index in [9.17, 15) is 0 Å². The number of nitrogens with zero attached hydrogens (tertiary/aromatic N) is 4. The number of nitrogens with two attached hydrogens (primary N) is 1. The molecule has 0 saturated carbocycles. The molecule has 0 amide bonds. The number of rotatable bonds is 1. The Balaban J connectivity index is 3.07. The fourth-order valence-corrected chi connectivity index (χ4v) is 0.938. The summed E-state index contributed by atoms with van der Waals surface area (Å²) in [6.45, 7) is 8.06. The highest BCUT2D eigenvalue weighted by Gasteiger charge is 2.20. The first kappa shape index (κ1) is 10.7. The van der Waals surface area contributed by atoms with E-state index in [1.807, 2.05) is 11.9 Å². The molecule has 1 aromatic rings. The third-order valence-corrected chi connectivity index (χ3v) is 2.06. The second-order valence-corrected chi connectivity index (χ2v) is 4.27. The summed E-state index contributed by atoms with van der Waals surface area (Å²) in [7, 11) is 1.94. The lowest BCUT2D eigenvalue weighted by Gasteiger charge is -2.31. The van der Waals surface area contributed by atoms with Gasteiger partial charge in [0, 0.05) is 12.6 Å². The monoisotopic (exact) mass is 195 g/mol. The van der Waals surface area contributed by atoms with Gasteiger partial charge in [-0.2, -0.15) is 15.0 Å². The van der Waals surface area contributed by atoms with Gasteiger partial charge in [0.2, 0.25) is 11.9 Å². The lowest BCUT2D eigenvalue weighted by molar-refractivity contribution is 0.527. The summed E-state index contributed by atoms with van der Waals surface area (Å²) >= 11 is 0. The van der Waals surface area contributed by atoms with Crippen LogP contribution >= 0.6 is 0 Å². The molecule has 0 aliphatic heterocycles. The Labute approximate surface area is 84.4 Å². The summed E-state index contributed by atoms with van der Waals surface area (Å²) in [6, 6.07) is 0. The molecule has 2 N–H and O–H groups in total. The first-order valence-electron chi connectivity index (χ1n) is 4.52. The minimum Gasteiger partial charge on any atom is -0.368 e. The Kier molecular flexibility index (Phi) is 2.59. The second-order valence-electron chi connectivity index (χ2n) is 4.27. The van der Waals surface area contributed by atoms with Crippen molar-refractivity contribution in [1.29, 1.82) is 0 Å². The van der Waals surface area contributed by atoms with Crippen molar-refractivity contribution in [2.75, 3.05) is 17.7 Å². The largest absolute Gasteiger partial charge is 0.368 e. The Morgan fingerprint density at radius 1 is 1.14 bits per heavy atom. The molecule has 1 rings (SSSR count). The molecule has 0 atom stereocenters. The van der Waals surface area contributed by atoms with Crippen LogP contribution in [0.5, 0.6) is 0 Å². The maximum atomic E-state index is 5.55. The van der Waals surface area contributed by atoms with E-state index >= 15 is 0 Å². The van der Waals surface area contributed by atoms with Crippen LogP contribution in [0.1, 0.15) is 26.6 Å². The van der Waals surface area contributed by atoms with Gasteiger partial charge < -0.3 is 10.6 Å². The van der Waals surface area contributed by atoms with Crippen molar-refractivity contribution in [1.82, 2.24) is 15.0 Å². The van der Waals surface area contributed by atoms with Gasteiger partial charge in [0.15, 0.2) is 0 Å². The Morgan fingerprint density at radius 2 is 1.71 bits per heavy atom. The van der Waals surface area contributed by atoms with Gasteiger partial charge >= 0.3 is 0 Å². The molecule has 5 nitrogen and oxygen atoms in total. The van der Waals surface area contributed by atoms with Gasteiger partial charge in [-0.3, -0.25) is 0 Å². The SMILES string of the molecule is Cc1nc(N)nc(N(C)C(C)(C)C)n1. The smallest absolute Gasteiger partial charge is 0.230 e. The van der Waals surface area contributed by atoms with Crippen LogP contribution < -0.4 is 10.6 Å². The topological polar surface area (TPSA) is 67.9 Å². The summed E-state index contributed by atoms with van der Waals surface area (Å²) in [5.41, 5.74) is 5.52. The number of anilines is 2. The summed E-state index contributed by atoms with van der Waals surface area (Å²) in [6.07, 6.45) is 0. The first-order valence-corrected chi connectivity index (χ1v) is 4.52. The van der Waals surface area contributed by atoms with E-state index in [-0.39, 0.29) is 11.5 Å². The zero-order chi connectivity index (χ0) is 10.9. The highest BCUT2D eigenvalue weighted by molar-refractivity contribution is 5.36. The predicted molar refractivity (Wildman–Crippen MR) is 57.1 cm³/mol. The lowest BCUT2D eigenvalue weighted by atomic mass is 10.1. The van der Waals surface area contributed by atoms with Gasteiger partial charge in [0.05, 0.1) is 0 Å². The van der Waals surface area contributed by atoms with Crippen molar-refractivity contribution in [3.8, 4) is 0 Å². The fourth-order valence-electron chi connectivity index (χ4n) is 0.938. The molecule has 78 valence electrons. The van der Waals surface area contributed by atoms with Crippen LogP contribution in [0.25, 0.3) is 0 Å². The number of aromatic nitrogens is 3. The number of nitrogen functional groups attached to an aromatic ring is 1. The van der Waals surface area contributed by atoms with Crippen LogP contribution in [-0.4, -0.2) is 27.5 Å². The Morgan fingerprint density at radius 3 is 2.14 bits per heavy atom. The molecule has 14 heavy (non-hydrogen) atoms. The van der Waals surface area contributed by atoms with Crippen LogP contribution in [0.4, 0.5) is 11.9 Å². The van der Waals surface area contributed by atoms with Crippen molar-refractivity contribution in [2.45, 2.75) is 33.2 Å². The minimum atomic E-state index is -0.0275. The molecule has 5 heteroatoms. The third kappa shape index (κ3) is 2.31. The molecule has 1 aromatic heterocycles. The first-order chi connectivity index (χ1) is 6.30. The molecule has 0 radical (unpaired) electrons. The van der Waals surface area contributed by atoms with Gasteiger partial charge in [-0.15, -0.1) is 0 Å². The third-order valence-electron chi connectivity index (χ3n) is 2.06. The quantitative estimate of drug-likeness (QED) is 0.724. The predicted octanol–water partition coefficient (Wildman–Crippen LogP) is 0.997. The molecule has 0 bridgehead atoms. The standard InChI is InChI=1S/C9H17N5/c1-6-11-7(10)13-8(12-6)14(5)9(2,3)4/h1-5H3,(H2,10,11,12,13). The summed E-state index contributed by atoms with van der Waals surface area (Å²) in [4.78, 5) is 14.2. The van der Waals surface area contributed by atoms with E-state index in [1.165, 1.54) is 0 Å². The maximum absolute atomic E-state index is 5.55. The molecule has 0 fully saturated rings. The van der Waals surface area contributed by atoms with Crippen LogP contribution in [-0.2, 0) is 0 Å². The molecule has 0 saturated heterocycles. The van der Waals surface area contributed by atoms with Crippen molar-refractivity contribution >= 4 is 11.9 Å². The van der Waals surface area contributed by atoms with E-state index in [4.69, 9.17) is 5.73 Å². The summed E-state index contributed by atoms with van der Waals surface area (Å²) in [5, 5.41) is 0. The van der Waals surface area contributed by atoms with Crippen molar-refractivity contribution in [3.05, 3.63) is 5.82 Å². The minimum absolute atomic E-state index is 0.0275. The zero-order valence-corrected chi connectivity index (χ0v) is 9.37. The van der Waals surface area contributed by atoms with Gasteiger partial charge in [0.25, 0.3) is 0 Å². The van der Waals surface area contributed by atoms with Gasteiger partial charge in [-0.05, 0) is 27.7 Å².